The average Bonchev–Trinajstić information content (AvgIpc) is 3.39. The number of para-hydroxylation sites is 1. The van der Waals surface area contributed by atoms with Gasteiger partial charge in [-0.1, -0.05) is 48.5 Å². The van der Waals surface area contributed by atoms with E-state index in [1.807, 2.05) is 53.9 Å². The highest BCUT2D eigenvalue weighted by atomic mass is 32.1. The summed E-state index contributed by atoms with van der Waals surface area (Å²) in [4.78, 5) is 9.17. The molecule has 5 rings (SSSR count). The van der Waals surface area contributed by atoms with E-state index < -0.39 is 0 Å². The highest BCUT2D eigenvalue weighted by Gasteiger charge is 2.20. The van der Waals surface area contributed by atoms with Crippen LogP contribution in [0.2, 0.25) is 0 Å². The smallest absolute Gasteiger partial charge is 0.221 e. The van der Waals surface area contributed by atoms with E-state index >= 15 is 0 Å². The summed E-state index contributed by atoms with van der Waals surface area (Å²) in [5.41, 5.74) is 11.8. The summed E-state index contributed by atoms with van der Waals surface area (Å²) < 4.78 is 6.12. The first kappa shape index (κ1) is 16.7. The Balaban J connectivity index is 1.75. The third-order valence-electron chi connectivity index (χ3n) is 4.70. The highest BCUT2D eigenvalue weighted by molar-refractivity contribution is 7.08. The fraction of sp³-hybridized carbons (Fsp3) is 0.0435. The van der Waals surface area contributed by atoms with Gasteiger partial charge in [-0.25, -0.2) is 9.97 Å². The van der Waals surface area contributed by atoms with Gasteiger partial charge in [0, 0.05) is 28.3 Å². The molecular formula is C23H17N3OS. The average molecular weight is 383 g/mol. The van der Waals surface area contributed by atoms with Gasteiger partial charge < -0.3 is 10.2 Å². The van der Waals surface area contributed by atoms with E-state index in [1.165, 1.54) is 5.56 Å². The van der Waals surface area contributed by atoms with Gasteiger partial charge in [-0.05, 0) is 29.1 Å². The van der Waals surface area contributed by atoms with E-state index in [0.29, 0.717) is 12.2 Å². The maximum Gasteiger partial charge on any atom is 0.221 e. The molecule has 2 N–H and O–H groups in total. The van der Waals surface area contributed by atoms with Crippen molar-refractivity contribution in [3.8, 4) is 22.7 Å². The van der Waals surface area contributed by atoms with Crippen LogP contribution in [0.5, 0.6) is 0 Å². The molecule has 2 aromatic carbocycles. The standard InChI is InChI=1S/C23H17N3OS/c24-23-25-21(17-10-11-28-14-17)18(12-15-6-2-1-3-7-15)22(26-23)20-13-16-8-4-5-9-19(16)27-20/h1-11,13-14H,12H2,(H2,24,25,26). The number of furan rings is 1. The van der Waals surface area contributed by atoms with Crippen molar-refractivity contribution in [2.45, 2.75) is 6.42 Å². The number of hydrogen-bond donors (Lipinski definition) is 1. The number of nitrogens with zero attached hydrogens (tertiary/aromatic N) is 2. The first-order chi connectivity index (χ1) is 13.8. The first-order valence-electron chi connectivity index (χ1n) is 9.00. The summed E-state index contributed by atoms with van der Waals surface area (Å²) in [7, 11) is 0. The Labute approximate surface area is 166 Å². The Hall–Kier alpha value is -3.44. The lowest BCUT2D eigenvalue weighted by molar-refractivity contribution is 0.627. The second-order valence-electron chi connectivity index (χ2n) is 6.58. The summed E-state index contributed by atoms with van der Waals surface area (Å²) >= 11 is 1.64. The van der Waals surface area contributed by atoms with Crippen LogP contribution in [0.25, 0.3) is 33.7 Å². The van der Waals surface area contributed by atoms with Gasteiger partial charge in [0.2, 0.25) is 5.95 Å². The Bertz CT molecular complexity index is 1210. The molecule has 28 heavy (non-hydrogen) atoms. The number of thiophene rings is 1. The van der Waals surface area contributed by atoms with Crippen molar-refractivity contribution >= 4 is 28.3 Å². The predicted octanol–water partition coefficient (Wildman–Crippen LogP) is 5.79. The molecule has 5 heteroatoms. The van der Waals surface area contributed by atoms with Crippen LogP contribution in [0.15, 0.2) is 81.9 Å². The Morgan fingerprint density at radius 2 is 1.68 bits per heavy atom. The fourth-order valence-corrected chi connectivity index (χ4v) is 4.05. The third-order valence-corrected chi connectivity index (χ3v) is 5.38. The molecule has 0 amide bonds. The maximum absolute atomic E-state index is 6.12. The summed E-state index contributed by atoms with van der Waals surface area (Å²) in [5.74, 6) is 0.950. The van der Waals surface area contributed by atoms with Crippen LogP contribution in [0.4, 0.5) is 5.95 Å². The fourth-order valence-electron chi connectivity index (χ4n) is 3.41. The number of anilines is 1. The third kappa shape index (κ3) is 3.06. The van der Waals surface area contributed by atoms with Crippen LogP contribution >= 0.6 is 11.3 Å². The molecule has 0 aliphatic rings. The quantitative estimate of drug-likeness (QED) is 0.426. The zero-order chi connectivity index (χ0) is 18.9. The van der Waals surface area contributed by atoms with E-state index in [1.54, 1.807) is 11.3 Å². The van der Waals surface area contributed by atoms with Crippen molar-refractivity contribution in [2.24, 2.45) is 0 Å². The molecule has 4 nitrogen and oxygen atoms in total. The van der Waals surface area contributed by atoms with Gasteiger partial charge in [-0.15, -0.1) is 0 Å². The van der Waals surface area contributed by atoms with Crippen LogP contribution in [-0.2, 0) is 6.42 Å². The van der Waals surface area contributed by atoms with Crippen molar-refractivity contribution in [1.29, 1.82) is 0 Å². The van der Waals surface area contributed by atoms with E-state index in [-0.39, 0.29) is 5.95 Å². The van der Waals surface area contributed by atoms with E-state index in [0.717, 1.165) is 33.5 Å². The number of hydrogen-bond acceptors (Lipinski definition) is 5. The van der Waals surface area contributed by atoms with Crippen molar-refractivity contribution in [1.82, 2.24) is 9.97 Å². The van der Waals surface area contributed by atoms with E-state index in [9.17, 15) is 0 Å². The molecule has 0 atom stereocenters. The second-order valence-corrected chi connectivity index (χ2v) is 7.36. The zero-order valence-electron chi connectivity index (χ0n) is 15.0. The Kier molecular flexibility index (Phi) is 4.14. The van der Waals surface area contributed by atoms with Gasteiger partial charge in [0.05, 0.1) is 5.69 Å². The molecule has 3 aromatic heterocycles. The first-order valence-corrected chi connectivity index (χ1v) is 9.94. The van der Waals surface area contributed by atoms with E-state index in [2.05, 4.69) is 33.5 Å². The lowest BCUT2D eigenvalue weighted by atomic mass is 9.98. The second kappa shape index (κ2) is 6.94. The SMILES string of the molecule is Nc1nc(-c2ccsc2)c(Cc2ccccc2)c(-c2cc3ccccc3o2)n1. The molecule has 0 bridgehead atoms. The number of aromatic nitrogens is 2. The Morgan fingerprint density at radius 3 is 2.46 bits per heavy atom. The summed E-state index contributed by atoms with van der Waals surface area (Å²) in [6.07, 6.45) is 0.693. The number of benzene rings is 2. The van der Waals surface area contributed by atoms with Gasteiger partial charge in [-0.3, -0.25) is 0 Å². The van der Waals surface area contributed by atoms with Crippen LogP contribution in [-0.4, -0.2) is 9.97 Å². The van der Waals surface area contributed by atoms with Crippen LogP contribution < -0.4 is 5.73 Å². The van der Waals surface area contributed by atoms with Gasteiger partial charge in [-0.2, -0.15) is 11.3 Å². The van der Waals surface area contributed by atoms with Crippen LogP contribution in [0, 0.1) is 0 Å². The maximum atomic E-state index is 6.12. The molecule has 0 radical (unpaired) electrons. The minimum absolute atomic E-state index is 0.244. The Morgan fingerprint density at radius 1 is 0.893 bits per heavy atom. The van der Waals surface area contributed by atoms with Gasteiger partial charge in [0.1, 0.15) is 11.3 Å². The minimum atomic E-state index is 0.244. The van der Waals surface area contributed by atoms with Crippen molar-refractivity contribution in [2.75, 3.05) is 5.73 Å². The molecule has 0 spiro atoms. The zero-order valence-corrected chi connectivity index (χ0v) is 15.8. The molecule has 0 aliphatic carbocycles. The highest BCUT2D eigenvalue weighted by Crippen LogP contribution is 2.35. The van der Waals surface area contributed by atoms with Crippen molar-refractivity contribution < 1.29 is 4.42 Å². The van der Waals surface area contributed by atoms with Gasteiger partial charge in [0.25, 0.3) is 0 Å². The number of rotatable bonds is 4. The lowest BCUT2D eigenvalue weighted by Crippen LogP contribution is -2.05. The topological polar surface area (TPSA) is 64.9 Å². The monoisotopic (exact) mass is 383 g/mol. The van der Waals surface area contributed by atoms with Crippen molar-refractivity contribution in [3.05, 3.63) is 88.6 Å². The summed E-state index contributed by atoms with van der Waals surface area (Å²) in [5, 5.41) is 5.16. The number of fused-ring (bicyclic) bond motifs is 1. The molecule has 5 aromatic rings. The molecule has 0 unspecified atom stereocenters. The minimum Gasteiger partial charge on any atom is -0.454 e. The van der Waals surface area contributed by atoms with Crippen molar-refractivity contribution in [3.63, 3.8) is 0 Å². The largest absolute Gasteiger partial charge is 0.454 e. The van der Waals surface area contributed by atoms with E-state index in [4.69, 9.17) is 10.2 Å². The van der Waals surface area contributed by atoms with Crippen LogP contribution in [0.3, 0.4) is 0 Å². The molecular weight excluding hydrogens is 366 g/mol. The van der Waals surface area contributed by atoms with Crippen LogP contribution in [0.1, 0.15) is 11.1 Å². The summed E-state index contributed by atoms with van der Waals surface area (Å²) in [6.45, 7) is 0. The lowest BCUT2D eigenvalue weighted by Gasteiger charge is -2.13. The molecule has 136 valence electrons. The molecule has 0 aliphatic heterocycles. The predicted molar refractivity (Wildman–Crippen MR) is 114 cm³/mol. The number of nitrogens with two attached hydrogens (primary N) is 1. The molecule has 3 heterocycles. The molecule has 0 fully saturated rings. The summed E-state index contributed by atoms with van der Waals surface area (Å²) in [6, 6.07) is 22.3. The molecule has 0 saturated carbocycles. The normalized spacial score (nSPS) is 11.1. The van der Waals surface area contributed by atoms with Gasteiger partial charge in [0.15, 0.2) is 5.76 Å². The number of nitrogen functional groups attached to an aromatic ring is 1. The molecule has 0 saturated heterocycles. The van der Waals surface area contributed by atoms with Gasteiger partial charge >= 0.3 is 0 Å².